The highest BCUT2D eigenvalue weighted by Gasteiger charge is 2.17. The molecule has 2 rings (SSSR count). The SMILES string of the molecule is COc1ccc(CN(C)C2CCCCC2)cc1. The second kappa shape index (κ2) is 6.06. The van der Waals surface area contributed by atoms with Gasteiger partial charge in [0.2, 0.25) is 0 Å². The van der Waals surface area contributed by atoms with E-state index >= 15 is 0 Å². The highest BCUT2D eigenvalue weighted by Crippen LogP contribution is 2.23. The van der Waals surface area contributed by atoms with Crippen LogP contribution in [0.25, 0.3) is 0 Å². The highest BCUT2D eigenvalue weighted by molar-refractivity contribution is 5.27. The van der Waals surface area contributed by atoms with Gasteiger partial charge in [-0.15, -0.1) is 0 Å². The molecule has 2 heteroatoms. The van der Waals surface area contributed by atoms with Gasteiger partial charge in [-0.2, -0.15) is 0 Å². The average molecular weight is 233 g/mol. The van der Waals surface area contributed by atoms with Gasteiger partial charge in [0.05, 0.1) is 7.11 Å². The lowest BCUT2D eigenvalue weighted by Crippen LogP contribution is -2.32. The van der Waals surface area contributed by atoms with E-state index in [1.54, 1.807) is 7.11 Å². The Morgan fingerprint density at radius 2 is 1.76 bits per heavy atom. The van der Waals surface area contributed by atoms with Crippen molar-refractivity contribution in [3.63, 3.8) is 0 Å². The first kappa shape index (κ1) is 12.4. The third-order valence-electron chi connectivity index (χ3n) is 3.79. The molecule has 0 atom stereocenters. The van der Waals surface area contributed by atoms with Crippen LogP contribution in [0, 0.1) is 0 Å². The molecule has 0 radical (unpaired) electrons. The maximum atomic E-state index is 5.18. The molecular weight excluding hydrogens is 210 g/mol. The molecule has 1 aromatic carbocycles. The number of methoxy groups -OCH3 is 1. The molecular formula is C15H23NO. The summed E-state index contributed by atoms with van der Waals surface area (Å²) in [4.78, 5) is 2.50. The summed E-state index contributed by atoms with van der Waals surface area (Å²) < 4.78 is 5.18. The molecule has 0 aromatic heterocycles. The zero-order valence-electron chi connectivity index (χ0n) is 11.0. The maximum Gasteiger partial charge on any atom is 0.118 e. The van der Waals surface area contributed by atoms with Gasteiger partial charge in [-0.05, 0) is 37.6 Å². The van der Waals surface area contributed by atoms with Crippen LogP contribution in [-0.2, 0) is 6.54 Å². The molecule has 0 saturated heterocycles. The van der Waals surface area contributed by atoms with Crippen molar-refractivity contribution >= 4 is 0 Å². The largest absolute Gasteiger partial charge is 0.497 e. The second-order valence-electron chi connectivity index (χ2n) is 5.06. The standard InChI is InChI=1S/C15H23NO/c1-16(14-6-4-3-5-7-14)12-13-8-10-15(17-2)11-9-13/h8-11,14H,3-7,12H2,1-2H3. The van der Waals surface area contributed by atoms with Crippen molar-refractivity contribution in [1.29, 1.82) is 0 Å². The van der Waals surface area contributed by atoms with E-state index < -0.39 is 0 Å². The van der Waals surface area contributed by atoms with E-state index in [2.05, 4.69) is 24.1 Å². The average Bonchev–Trinajstić information content (AvgIpc) is 2.40. The minimum atomic E-state index is 0.783. The van der Waals surface area contributed by atoms with E-state index in [9.17, 15) is 0 Å². The molecule has 1 saturated carbocycles. The first-order valence-electron chi connectivity index (χ1n) is 6.63. The summed E-state index contributed by atoms with van der Waals surface area (Å²) in [6.45, 7) is 1.05. The summed E-state index contributed by atoms with van der Waals surface area (Å²) in [5.41, 5.74) is 1.37. The molecule has 0 heterocycles. The van der Waals surface area contributed by atoms with Crippen LogP contribution in [0.4, 0.5) is 0 Å². The minimum absolute atomic E-state index is 0.783. The lowest BCUT2D eigenvalue weighted by molar-refractivity contribution is 0.184. The summed E-state index contributed by atoms with van der Waals surface area (Å²) in [5, 5.41) is 0. The summed E-state index contributed by atoms with van der Waals surface area (Å²) in [6.07, 6.45) is 6.96. The van der Waals surface area contributed by atoms with Crippen molar-refractivity contribution in [2.24, 2.45) is 0 Å². The molecule has 17 heavy (non-hydrogen) atoms. The Morgan fingerprint density at radius 1 is 1.12 bits per heavy atom. The first-order valence-corrected chi connectivity index (χ1v) is 6.63. The Labute approximate surface area is 105 Å². The zero-order valence-corrected chi connectivity index (χ0v) is 11.0. The highest BCUT2D eigenvalue weighted by atomic mass is 16.5. The lowest BCUT2D eigenvalue weighted by Gasteiger charge is -2.31. The number of ether oxygens (including phenoxy) is 1. The number of hydrogen-bond donors (Lipinski definition) is 0. The molecule has 0 unspecified atom stereocenters. The van der Waals surface area contributed by atoms with Crippen LogP contribution in [0.15, 0.2) is 24.3 Å². The third kappa shape index (κ3) is 3.47. The summed E-state index contributed by atoms with van der Waals surface area (Å²) >= 11 is 0. The lowest BCUT2D eigenvalue weighted by atomic mass is 9.94. The number of benzene rings is 1. The van der Waals surface area contributed by atoms with Crippen LogP contribution in [0.2, 0.25) is 0 Å². The maximum absolute atomic E-state index is 5.18. The molecule has 1 aromatic rings. The Bertz CT molecular complexity index is 327. The van der Waals surface area contributed by atoms with Gasteiger partial charge >= 0.3 is 0 Å². The Kier molecular flexibility index (Phi) is 4.43. The van der Waals surface area contributed by atoms with Crippen LogP contribution in [0.5, 0.6) is 5.75 Å². The normalized spacial score (nSPS) is 17.4. The summed E-state index contributed by atoms with van der Waals surface area (Å²) in [7, 11) is 3.96. The predicted molar refractivity (Wildman–Crippen MR) is 71.3 cm³/mol. The van der Waals surface area contributed by atoms with Crippen molar-refractivity contribution in [1.82, 2.24) is 4.90 Å². The molecule has 1 aliphatic rings. The number of nitrogens with zero attached hydrogens (tertiary/aromatic N) is 1. The predicted octanol–water partition coefficient (Wildman–Crippen LogP) is 3.46. The molecule has 2 nitrogen and oxygen atoms in total. The summed E-state index contributed by atoms with van der Waals surface area (Å²) in [5.74, 6) is 0.939. The molecule has 0 amide bonds. The molecule has 0 spiro atoms. The van der Waals surface area contributed by atoms with Crippen LogP contribution in [-0.4, -0.2) is 25.1 Å². The van der Waals surface area contributed by atoms with Gasteiger partial charge in [-0.1, -0.05) is 31.4 Å². The molecule has 1 fully saturated rings. The van der Waals surface area contributed by atoms with Crippen molar-refractivity contribution in [2.75, 3.05) is 14.2 Å². The van der Waals surface area contributed by atoms with E-state index in [1.807, 2.05) is 12.1 Å². The number of hydrogen-bond acceptors (Lipinski definition) is 2. The minimum Gasteiger partial charge on any atom is -0.497 e. The van der Waals surface area contributed by atoms with Crippen LogP contribution >= 0.6 is 0 Å². The topological polar surface area (TPSA) is 12.5 Å². The Hall–Kier alpha value is -1.02. The molecule has 0 N–H and O–H groups in total. The van der Waals surface area contributed by atoms with Gasteiger partial charge in [0, 0.05) is 12.6 Å². The monoisotopic (exact) mass is 233 g/mol. The van der Waals surface area contributed by atoms with Gasteiger partial charge in [-0.25, -0.2) is 0 Å². The molecule has 0 aliphatic heterocycles. The van der Waals surface area contributed by atoms with Crippen molar-refractivity contribution in [3.8, 4) is 5.75 Å². The Morgan fingerprint density at radius 3 is 2.35 bits per heavy atom. The fourth-order valence-electron chi connectivity index (χ4n) is 2.67. The fraction of sp³-hybridized carbons (Fsp3) is 0.600. The van der Waals surface area contributed by atoms with E-state index in [0.29, 0.717) is 0 Å². The smallest absolute Gasteiger partial charge is 0.118 e. The van der Waals surface area contributed by atoms with Crippen molar-refractivity contribution in [3.05, 3.63) is 29.8 Å². The van der Waals surface area contributed by atoms with Gasteiger partial charge in [0.15, 0.2) is 0 Å². The van der Waals surface area contributed by atoms with Gasteiger partial charge in [0.25, 0.3) is 0 Å². The van der Waals surface area contributed by atoms with Crippen molar-refractivity contribution < 1.29 is 4.74 Å². The van der Waals surface area contributed by atoms with Gasteiger partial charge < -0.3 is 4.74 Å². The van der Waals surface area contributed by atoms with Crippen molar-refractivity contribution in [2.45, 2.75) is 44.7 Å². The zero-order chi connectivity index (χ0) is 12.1. The first-order chi connectivity index (χ1) is 8.29. The second-order valence-corrected chi connectivity index (χ2v) is 5.06. The van der Waals surface area contributed by atoms with E-state index in [0.717, 1.165) is 18.3 Å². The molecule has 94 valence electrons. The summed E-state index contributed by atoms with van der Waals surface area (Å²) in [6, 6.07) is 9.20. The quantitative estimate of drug-likeness (QED) is 0.789. The fourth-order valence-corrected chi connectivity index (χ4v) is 2.67. The molecule has 0 bridgehead atoms. The van der Waals surface area contributed by atoms with E-state index in [1.165, 1.54) is 37.7 Å². The number of rotatable bonds is 4. The molecule has 1 aliphatic carbocycles. The van der Waals surface area contributed by atoms with Crippen LogP contribution in [0.3, 0.4) is 0 Å². The van der Waals surface area contributed by atoms with Crippen LogP contribution < -0.4 is 4.74 Å². The Balaban J connectivity index is 1.89. The van der Waals surface area contributed by atoms with Gasteiger partial charge in [-0.3, -0.25) is 4.90 Å². The van der Waals surface area contributed by atoms with E-state index in [4.69, 9.17) is 4.74 Å². The third-order valence-corrected chi connectivity index (χ3v) is 3.79. The van der Waals surface area contributed by atoms with E-state index in [-0.39, 0.29) is 0 Å². The van der Waals surface area contributed by atoms with Crippen LogP contribution in [0.1, 0.15) is 37.7 Å². The van der Waals surface area contributed by atoms with Gasteiger partial charge in [0.1, 0.15) is 5.75 Å².